The largest absolute Gasteiger partial charge is 0.369 e. The van der Waals surface area contributed by atoms with Crippen LogP contribution in [0.15, 0.2) is 6.20 Å². The van der Waals surface area contributed by atoms with Gasteiger partial charge in [-0.1, -0.05) is 5.21 Å². The molecule has 1 aliphatic heterocycles. The van der Waals surface area contributed by atoms with Gasteiger partial charge in [-0.05, 0) is 32.2 Å². The molecule has 116 valence electrons. The zero-order valence-corrected chi connectivity index (χ0v) is 12.1. The summed E-state index contributed by atoms with van der Waals surface area (Å²) in [5.41, 5.74) is 11.6. The van der Waals surface area contributed by atoms with Crippen LogP contribution in [-0.4, -0.2) is 51.3 Å². The molecule has 1 fully saturated rings. The Morgan fingerprint density at radius 3 is 2.95 bits per heavy atom. The van der Waals surface area contributed by atoms with Crippen molar-refractivity contribution in [3.8, 4) is 0 Å². The predicted octanol–water partition coefficient (Wildman–Crippen LogP) is -1.11. The molecule has 21 heavy (non-hydrogen) atoms. The van der Waals surface area contributed by atoms with Crippen LogP contribution in [0, 0.1) is 5.92 Å². The first kappa shape index (κ1) is 15.4. The number of aryl methyl sites for hydroxylation is 1. The van der Waals surface area contributed by atoms with Crippen LogP contribution >= 0.6 is 0 Å². The Bertz CT molecular complexity index is 501. The van der Waals surface area contributed by atoms with E-state index >= 15 is 0 Å². The molecule has 0 aromatic carbocycles. The highest BCUT2D eigenvalue weighted by Crippen LogP contribution is 2.16. The number of hydrogen-bond acceptors (Lipinski definition) is 5. The van der Waals surface area contributed by atoms with E-state index in [0.29, 0.717) is 19.6 Å². The van der Waals surface area contributed by atoms with Gasteiger partial charge in [-0.2, -0.15) is 0 Å². The molecule has 1 atom stereocenters. The highest BCUT2D eigenvalue weighted by atomic mass is 16.2. The summed E-state index contributed by atoms with van der Waals surface area (Å²) in [5, 5.41) is 7.95. The van der Waals surface area contributed by atoms with Gasteiger partial charge in [0.2, 0.25) is 11.8 Å². The Kier molecular flexibility index (Phi) is 5.26. The Hall–Kier alpha value is -1.96. The maximum atomic E-state index is 12.2. The minimum Gasteiger partial charge on any atom is -0.369 e. The van der Waals surface area contributed by atoms with Gasteiger partial charge in [0, 0.05) is 19.3 Å². The van der Waals surface area contributed by atoms with Gasteiger partial charge in [0.15, 0.2) is 0 Å². The first-order valence-corrected chi connectivity index (χ1v) is 7.26. The molecule has 8 heteroatoms. The summed E-state index contributed by atoms with van der Waals surface area (Å²) in [6, 6.07) is 0. The lowest BCUT2D eigenvalue weighted by Gasteiger charge is -2.31. The molecular weight excluding hydrogens is 272 g/mol. The van der Waals surface area contributed by atoms with Crippen LogP contribution in [0.3, 0.4) is 0 Å². The van der Waals surface area contributed by atoms with Gasteiger partial charge in [-0.15, -0.1) is 5.10 Å². The fraction of sp³-hybridized carbons (Fsp3) is 0.692. The molecule has 0 bridgehead atoms. The SMILES string of the molecule is NCCCc1cn(CC(=O)N2CCCC(C(N)=O)C2)nn1. The van der Waals surface area contributed by atoms with Crippen molar-refractivity contribution in [1.82, 2.24) is 19.9 Å². The van der Waals surface area contributed by atoms with Crippen LogP contribution in [0.1, 0.15) is 25.0 Å². The average molecular weight is 294 g/mol. The number of aromatic nitrogens is 3. The molecule has 0 radical (unpaired) electrons. The van der Waals surface area contributed by atoms with Crippen LogP contribution in [-0.2, 0) is 22.6 Å². The molecule has 4 N–H and O–H groups in total. The van der Waals surface area contributed by atoms with E-state index in [1.165, 1.54) is 4.68 Å². The standard InChI is InChI=1S/C13H22N6O2/c14-5-1-4-11-8-19(17-16-11)9-12(20)18-6-2-3-10(7-18)13(15)21/h8,10H,1-7,9,14H2,(H2,15,21). The fourth-order valence-electron chi connectivity index (χ4n) is 2.49. The van der Waals surface area contributed by atoms with Gasteiger partial charge in [0.25, 0.3) is 0 Å². The first-order valence-electron chi connectivity index (χ1n) is 7.26. The molecule has 0 saturated carbocycles. The molecule has 1 unspecified atom stereocenters. The molecule has 2 rings (SSSR count). The Labute approximate surface area is 123 Å². The minimum absolute atomic E-state index is 0.0591. The van der Waals surface area contributed by atoms with Gasteiger partial charge in [-0.25, -0.2) is 4.68 Å². The predicted molar refractivity (Wildman–Crippen MR) is 75.9 cm³/mol. The maximum Gasteiger partial charge on any atom is 0.244 e. The number of primary amides is 1. The third-order valence-electron chi connectivity index (χ3n) is 3.70. The summed E-state index contributed by atoms with van der Waals surface area (Å²) in [6.45, 7) is 1.81. The van der Waals surface area contributed by atoms with Gasteiger partial charge >= 0.3 is 0 Å². The molecule has 1 saturated heterocycles. The molecule has 1 aromatic heterocycles. The summed E-state index contributed by atoms with van der Waals surface area (Å²) >= 11 is 0. The van der Waals surface area contributed by atoms with Crippen LogP contribution in [0.5, 0.6) is 0 Å². The number of hydrogen-bond donors (Lipinski definition) is 2. The summed E-state index contributed by atoms with van der Waals surface area (Å²) in [6.07, 6.45) is 4.93. The molecule has 0 aliphatic carbocycles. The number of carbonyl (C=O) groups is 2. The van der Waals surface area contributed by atoms with E-state index in [1.807, 2.05) is 0 Å². The third kappa shape index (κ3) is 4.25. The number of rotatable bonds is 6. The lowest BCUT2D eigenvalue weighted by Crippen LogP contribution is -2.45. The van der Waals surface area contributed by atoms with Crippen LogP contribution in [0.4, 0.5) is 0 Å². The van der Waals surface area contributed by atoms with E-state index in [1.54, 1.807) is 11.1 Å². The second kappa shape index (κ2) is 7.16. The fourth-order valence-corrected chi connectivity index (χ4v) is 2.49. The monoisotopic (exact) mass is 294 g/mol. The molecule has 8 nitrogen and oxygen atoms in total. The second-order valence-corrected chi connectivity index (χ2v) is 5.38. The zero-order valence-electron chi connectivity index (χ0n) is 12.1. The van der Waals surface area contributed by atoms with Crippen molar-refractivity contribution in [2.45, 2.75) is 32.2 Å². The molecule has 1 aliphatic rings. The normalized spacial score (nSPS) is 18.7. The first-order chi connectivity index (χ1) is 10.1. The molecular formula is C13H22N6O2. The van der Waals surface area contributed by atoms with Crippen molar-refractivity contribution in [2.24, 2.45) is 17.4 Å². The van der Waals surface area contributed by atoms with E-state index in [9.17, 15) is 9.59 Å². The van der Waals surface area contributed by atoms with Gasteiger partial charge in [0.1, 0.15) is 6.54 Å². The lowest BCUT2D eigenvalue weighted by molar-refractivity contribution is -0.135. The van der Waals surface area contributed by atoms with Crippen molar-refractivity contribution in [1.29, 1.82) is 0 Å². The van der Waals surface area contributed by atoms with Gasteiger partial charge < -0.3 is 16.4 Å². The Morgan fingerprint density at radius 1 is 1.43 bits per heavy atom. The van der Waals surface area contributed by atoms with Crippen molar-refractivity contribution in [3.63, 3.8) is 0 Å². The van der Waals surface area contributed by atoms with E-state index in [0.717, 1.165) is 31.4 Å². The molecule has 2 heterocycles. The van der Waals surface area contributed by atoms with Crippen LogP contribution in [0.25, 0.3) is 0 Å². The summed E-state index contributed by atoms with van der Waals surface area (Å²) in [5.74, 6) is -0.632. The smallest absolute Gasteiger partial charge is 0.244 e. The number of piperidine rings is 1. The number of carbonyl (C=O) groups excluding carboxylic acids is 2. The number of likely N-dealkylation sites (tertiary alicyclic amines) is 1. The summed E-state index contributed by atoms with van der Waals surface area (Å²) in [7, 11) is 0. The summed E-state index contributed by atoms with van der Waals surface area (Å²) in [4.78, 5) is 25.1. The third-order valence-corrected chi connectivity index (χ3v) is 3.70. The number of nitrogens with two attached hydrogens (primary N) is 2. The Balaban J connectivity index is 1.88. The van der Waals surface area contributed by atoms with Crippen molar-refractivity contribution >= 4 is 11.8 Å². The highest BCUT2D eigenvalue weighted by molar-refractivity contribution is 5.80. The van der Waals surface area contributed by atoms with E-state index < -0.39 is 0 Å². The van der Waals surface area contributed by atoms with Gasteiger partial charge in [0.05, 0.1) is 11.6 Å². The Morgan fingerprint density at radius 2 is 2.24 bits per heavy atom. The van der Waals surface area contributed by atoms with Crippen molar-refractivity contribution < 1.29 is 9.59 Å². The summed E-state index contributed by atoms with van der Waals surface area (Å²) < 4.78 is 1.53. The van der Waals surface area contributed by atoms with Gasteiger partial charge in [-0.3, -0.25) is 9.59 Å². The maximum absolute atomic E-state index is 12.2. The zero-order chi connectivity index (χ0) is 15.2. The van der Waals surface area contributed by atoms with E-state index in [4.69, 9.17) is 11.5 Å². The molecule has 2 amide bonds. The second-order valence-electron chi connectivity index (χ2n) is 5.38. The minimum atomic E-state index is -0.336. The number of amides is 2. The highest BCUT2D eigenvalue weighted by Gasteiger charge is 2.27. The topological polar surface area (TPSA) is 120 Å². The van der Waals surface area contributed by atoms with Crippen LogP contribution < -0.4 is 11.5 Å². The average Bonchev–Trinajstić information content (AvgIpc) is 2.92. The van der Waals surface area contributed by atoms with Crippen molar-refractivity contribution in [2.75, 3.05) is 19.6 Å². The lowest BCUT2D eigenvalue weighted by atomic mass is 9.97. The van der Waals surface area contributed by atoms with Crippen LogP contribution in [0.2, 0.25) is 0 Å². The number of nitrogens with zero attached hydrogens (tertiary/aromatic N) is 4. The van der Waals surface area contributed by atoms with E-state index in [2.05, 4.69) is 10.3 Å². The van der Waals surface area contributed by atoms with E-state index in [-0.39, 0.29) is 24.3 Å². The van der Waals surface area contributed by atoms with Crippen molar-refractivity contribution in [3.05, 3.63) is 11.9 Å². The molecule has 0 spiro atoms. The molecule has 1 aromatic rings. The quantitative estimate of drug-likeness (QED) is 0.689.